The van der Waals surface area contributed by atoms with Gasteiger partial charge in [0.25, 0.3) is 0 Å². The topological polar surface area (TPSA) is 41.6 Å². The molecule has 1 fully saturated rings. The minimum absolute atomic E-state index is 0.0799. The average molecular weight is 288 g/mol. The normalized spacial score (nSPS) is 18.4. The maximum absolute atomic E-state index is 12.4. The van der Waals surface area contributed by atoms with Gasteiger partial charge >= 0.3 is 0 Å². The van der Waals surface area contributed by atoms with E-state index in [1.807, 2.05) is 43.1 Å². The molecule has 114 valence electrons. The Bertz CT molecular complexity index is 526. The van der Waals surface area contributed by atoms with E-state index < -0.39 is 0 Å². The van der Waals surface area contributed by atoms with Gasteiger partial charge in [-0.15, -0.1) is 0 Å². The highest BCUT2D eigenvalue weighted by atomic mass is 16.5. The SMILES string of the molecule is CNCC1CCCN1C(=O)C=Cc1cc(C)ccc1OC. The van der Waals surface area contributed by atoms with E-state index in [9.17, 15) is 4.79 Å². The van der Waals surface area contributed by atoms with Crippen LogP contribution in [0.4, 0.5) is 0 Å². The highest BCUT2D eigenvalue weighted by molar-refractivity contribution is 5.92. The molecule has 1 saturated heterocycles. The Balaban J connectivity index is 2.10. The number of hydrogen-bond donors (Lipinski definition) is 1. The van der Waals surface area contributed by atoms with Crippen LogP contribution in [0.5, 0.6) is 5.75 Å². The molecule has 0 radical (unpaired) electrons. The maximum atomic E-state index is 12.4. The van der Waals surface area contributed by atoms with Crippen LogP contribution in [0.2, 0.25) is 0 Å². The summed E-state index contributed by atoms with van der Waals surface area (Å²) in [5.74, 6) is 0.870. The lowest BCUT2D eigenvalue weighted by atomic mass is 10.1. The fraction of sp³-hybridized carbons (Fsp3) is 0.471. The van der Waals surface area contributed by atoms with Crippen molar-refractivity contribution in [2.24, 2.45) is 0 Å². The third-order valence-electron chi connectivity index (χ3n) is 3.89. The predicted molar refractivity (Wildman–Crippen MR) is 85.4 cm³/mol. The lowest BCUT2D eigenvalue weighted by Gasteiger charge is -2.23. The van der Waals surface area contributed by atoms with Gasteiger partial charge in [-0.1, -0.05) is 11.6 Å². The Labute approximate surface area is 126 Å². The van der Waals surface area contributed by atoms with Gasteiger partial charge in [0.2, 0.25) is 5.91 Å². The summed E-state index contributed by atoms with van der Waals surface area (Å²) < 4.78 is 5.33. The van der Waals surface area contributed by atoms with Gasteiger partial charge in [-0.25, -0.2) is 0 Å². The maximum Gasteiger partial charge on any atom is 0.246 e. The Morgan fingerprint density at radius 2 is 2.33 bits per heavy atom. The van der Waals surface area contributed by atoms with Crippen molar-refractivity contribution >= 4 is 12.0 Å². The standard InChI is InChI=1S/C17H24N2O2/c1-13-6-8-16(21-3)14(11-13)7-9-17(20)19-10-4-5-15(19)12-18-2/h6-9,11,15,18H,4-5,10,12H2,1-3H3. The van der Waals surface area contributed by atoms with Crippen LogP contribution in [-0.4, -0.2) is 44.1 Å². The highest BCUT2D eigenvalue weighted by Gasteiger charge is 2.26. The summed E-state index contributed by atoms with van der Waals surface area (Å²) >= 11 is 0. The van der Waals surface area contributed by atoms with Gasteiger partial charge < -0.3 is 15.0 Å². The number of methoxy groups -OCH3 is 1. The summed E-state index contributed by atoms with van der Waals surface area (Å²) in [7, 11) is 3.57. The molecule has 1 unspecified atom stereocenters. The zero-order valence-corrected chi connectivity index (χ0v) is 13.1. The van der Waals surface area contributed by atoms with Gasteiger partial charge in [-0.2, -0.15) is 0 Å². The molecule has 0 spiro atoms. The number of rotatable bonds is 5. The number of benzene rings is 1. The average Bonchev–Trinajstić information content (AvgIpc) is 2.93. The van der Waals surface area contributed by atoms with Crippen LogP contribution in [0.3, 0.4) is 0 Å². The number of hydrogen-bond acceptors (Lipinski definition) is 3. The lowest BCUT2D eigenvalue weighted by molar-refractivity contribution is -0.126. The molecule has 0 aliphatic carbocycles. The van der Waals surface area contributed by atoms with Crippen molar-refractivity contribution in [2.75, 3.05) is 27.2 Å². The number of carbonyl (C=O) groups is 1. The summed E-state index contributed by atoms with van der Waals surface area (Å²) in [5, 5.41) is 3.16. The Hall–Kier alpha value is -1.81. The molecule has 1 aromatic rings. The smallest absolute Gasteiger partial charge is 0.246 e. The van der Waals surface area contributed by atoms with Crippen molar-refractivity contribution in [3.05, 3.63) is 35.4 Å². The first-order chi connectivity index (χ1) is 10.2. The van der Waals surface area contributed by atoms with Gasteiger partial charge in [0.15, 0.2) is 0 Å². The number of ether oxygens (including phenoxy) is 1. The number of nitrogens with one attached hydrogen (secondary N) is 1. The van der Waals surface area contributed by atoms with E-state index in [-0.39, 0.29) is 5.91 Å². The van der Waals surface area contributed by atoms with E-state index >= 15 is 0 Å². The second kappa shape index (κ2) is 7.27. The van der Waals surface area contributed by atoms with Crippen LogP contribution in [0.15, 0.2) is 24.3 Å². The zero-order chi connectivity index (χ0) is 15.2. The van der Waals surface area contributed by atoms with E-state index in [0.29, 0.717) is 6.04 Å². The first-order valence-corrected chi connectivity index (χ1v) is 7.43. The molecule has 1 aliphatic rings. The molecule has 4 nitrogen and oxygen atoms in total. The molecular weight excluding hydrogens is 264 g/mol. The van der Waals surface area contributed by atoms with Gasteiger partial charge in [-0.05, 0) is 45.0 Å². The molecule has 4 heteroatoms. The third-order valence-corrected chi connectivity index (χ3v) is 3.89. The van der Waals surface area contributed by atoms with E-state index in [4.69, 9.17) is 4.74 Å². The molecule has 21 heavy (non-hydrogen) atoms. The minimum Gasteiger partial charge on any atom is -0.496 e. The van der Waals surface area contributed by atoms with Crippen LogP contribution in [0.1, 0.15) is 24.0 Å². The molecule has 0 bridgehead atoms. The van der Waals surface area contributed by atoms with Crippen molar-refractivity contribution < 1.29 is 9.53 Å². The van der Waals surface area contributed by atoms with Crippen LogP contribution in [0, 0.1) is 6.92 Å². The van der Waals surface area contributed by atoms with E-state index in [1.54, 1.807) is 13.2 Å². The quantitative estimate of drug-likeness (QED) is 0.845. The van der Waals surface area contributed by atoms with E-state index in [1.165, 1.54) is 0 Å². The summed E-state index contributed by atoms with van der Waals surface area (Å²) in [6, 6.07) is 6.27. The molecular formula is C17H24N2O2. The van der Waals surface area contributed by atoms with Crippen molar-refractivity contribution in [1.29, 1.82) is 0 Å². The number of nitrogens with zero attached hydrogens (tertiary/aromatic N) is 1. The van der Waals surface area contributed by atoms with Crippen LogP contribution in [-0.2, 0) is 4.79 Å². The lowest BCUT2D eigenvalue weighted by Crippen LogP contribution is -2.39. The van der Waals surface area contributed by atoms with Gasteiger partial charge in [0.05, 0.1) is 7.11 Å². The highest BCUT2D eigenvalue weighted by Crippen LogP contribution is 2.22. The fourth-order valence-corrected chi connectivity index (χ4v) is 2.81. The molecule has 1 amide bonds. The number of aryl methyl sites for hydroxylation is 1. The summed E-state index contributed by atoms with van der Waals surface area (Å²) in [4.78, 5) is 14.3. The van der Waals surface area contributed by atoms with Crippen molar-refractivity contribution in [1.82, 2.24) is 10.2 Å². The number of likely N-dealkylation sites (tertiary alicyclic amines) is 1. The number of likely N-dealkylation sites (N-methyl/N-ethyl adjacent to an activating group) is 1. The predicted octanol–water partition coefficient (Wildman–Crippen LogP) is 2.23. The van der Waals surface area contributed by atoms with Crippen molar-refractivity contribution in [2.45, 2.75) is 25.8 Å². The second-order valence-corrected chi connectivity index (χ2v) is 5.46. The second-order valence-electron chi connectivity index (χ2n) is 5.46. The number of carbonyl (C=O) groups excluding carboxylic acids is 1. The first-order valence-electron chi connectivity index (χ1n) is 7.43. The Morgan fingerprint density at radius 1 is 1.52 bits per heavy atom. The molecule has 1 aliphatic heterocycles. The molecule has 1 atom stereocenters. The first kappa shape index (κ1) is 15.6. The van der Waals surface area contributed by atoms with Crippen LogP contribution in [0.25, 0.3) is 6.08 Å². The Morgan fingerprint density at radius 3 is 3.05 bits per heavy atom. The Kier molecular flexibility index (Phi) is 5.39. The zero-order valence-electron chi connectivity index (χ0n) is 13.1. The molecule has 0 saturated carbocycles. The third kappa shape index (κ3) is 3.85. The summed E-state index contributed by atoms with van der Waals surface area (Å²) in [6.45, 7) is 3.73. The summed E-state index contributed by atoms with van der Waals surface area (Å²) in [5.41, 5.74) is 2.09. The molecule has 0 aromatic heterocycles. The van der Waals surface area contributed by atoms with Gasteiger partial charge in [0.1, 0.15) is 5.75 Å². The van der Waals surface area contributed by atoms with Gasteiger partial charge in [0, 0.05) is 30.8 Å². The summed E-state index contributed by atoms with van der Waals surface area (Å²) in [6.07, 6.45) is 5.67. The van der Waals surface area contributed by atoms with Gasteiger partial charge in [-0.3, -0.25) is 4.79 Å². The van der Waals surface area contributed by atoms with E-state index in [2.05, 4.69) is 5.32 Å². The molecule has 1 aromatic carbocycles. The molecule has 1 heterocycles. The van der Waals surface area contributed by atoms with Crippen molar-refractivity contribution in [3.63, 3.8) is 0 Å². The van der Waals surface area contributed by atoms with Crippen molar-refractivity contribution in [3.8, 4) is 5.75 Å². The minimum atomic E-state index is 0.0799. The molecule has 2 rings (SSSR count). The van der Waals surface area contributed by atoms with E-state index in [0.717, 1.165) is 42.8 Å². The van der Waals surface area contributed by atoms with Crippen LogP contribution >= 0.6 is 0 Å². The number of amides is 1. The largest absolute Gasteiger partial charge is 0.496 e. The fourth-order valence-electron chi connectivity index (χ4n) is 2.81. The molecule has 1 N–H and O–H groups in total. The van der Waals surface area contributed by atoms with Crippen LogP contribution < -0.4 is 10.1 Å². The monoisotopic (exact) mass is 288 g/mol.